The Kier molecular flexibility index (Phi) is 3.91. The fourth-order valence-corrected chi connectivity index (χ4v) is 3.03. The van der Waals surface area contributed by atoms with Gasteiger partial charge < -0.3 is 0 Å². The van der Waals surface area contributed by atoms with Crippen molar-refractivity contribution in [3.05, 3.63) is 34.6 Å². The molecule has 0 amide bonds. The number of benzene rings is 1. The molecule has 1 aromatic rings. The van der Waals surface area contributed by atoms with Crippen LogP contribution < -0.4 is 0 Å². The standard InChI is InChI=1S/C15H15ClFNO/c1-15(6-2-3-7-15)14(19)12(9-18)11-5-4-10(17)8-13(11)16/h4-5,8,12H,2-3,6-7H2,1H3. The van der Waals surface area contributed by atoms with Gasteiger partial charge in [-0.15, -0.1) is 0 Å². The Balaban J connectivity index is 2.35. The van der Waals surface area contributed by atoms with Crippen LogP contribution in [0.4, 0.5) is 4.39 Å². The van der Waals surface area contributed by atoms with Gasteiger partial charge >= 0.3 is 0 Å². The molecule has 0 bridgehead atoms. The first-order chi connectivity index (χ1) is 8.98. The second-order valence-electron chi connectivity index (χ2n) is 5.36. The van der Waals surface area contributed by atoms with E-state index >= 15 is 0 Å². The quantitative estimate of drug-likeness (QED) is 0.830. The Bertz CT molecular complexity index is 544. The maximum atomic E-state index is 13.0. The summed E-state index contributed by atoms with van der Waals surface area (Å²) in [5.41, 5.74) is -0.0401. The lowest BCUT2D eigenvalue weighted by atomic mass is 9.76. The number of carbonyl (C=O) groups excluding carboxylic acids is 1. The van der Waals surface area contributed by atoms with Crippen LogP contribution in [-0.2, 0) is 4.79 Å². The molecule has 1 unspecified atom stereocenters. The van der Waals surface area contributed by atoms with E-state index in [-0.39, 0.29) is 10.8 Å². The van der Waals surface area contributed by atoms with Crippen molar-refractivity contribution >= 4 is 17.4 Å². The van der Waals surface area contributed by atoms with Gasteiger partial charge in [0.1, 0.15) is 11.7 Å². The number of carbonyl (C=O) groups is 1. The van der Waals surface area contributed by atoms with Crippen LogP contribution in [0.15, 0.2) is 18.2 Å². The average molecular weight is 280 g/mol. The van der Waals surface area contributed by atoms with Crippen LogP contribution in [0, 0.1) is 22.6 Å². The molecule has 1 aromatic carbocycles. The van der Waals surface area contributed by atoms with Gasteiger partial charge in [-0.05, 0) is 30.5 Å². The molecule has 0 N–H and O–H groups in total. The molecule has 1 atom stereocenters. The molecular weight excluding hydrogens is 265 g/mol. The zero-order valence-electron chi connectivity index (χ0n) is 10.7. The summed E-state index contributed by atoms with van der Waals surface area (Å²) in [6, 6.07) is 5.83. The second-order valence-corrected chi connectivity index (χ2v) is 5.77. The predicted octanol–water partition coefficient (Wildman–Crippen LogP) is 4.24. The molecule has 0 radical (unpaired) electrons. The summed E-state index contributed by atoms with van der Waals surface area (Å²) in [6.07, 6.45) is 3.64. The molecule has 1 fully saturated rings. The van der Waals surface area contributed by atoms with Crippen molar-refractivity contribution in [1.82, 2.24) is 0 Å². The van der Waals surface area contributed by atoms with Gasteiger partial charge in [0, 0.05) is 10.4 Å². The van der Waals surface area contributed by atoms with E-state index in [0.717, 1.165) is 31.7 Å². The molecule has 2 nitrogen and oxygen atoms in total. The molecule has 1 aliphatic carbocycles. The highest BCUT2D eigenvalue weighted by molar-refractivity contribution is 6.31. The molecule has 0 heterocycles. The Morgan fingerprint density at radius 3 is 2.63 bits per heavy atom. The highest BCUT2D eigenvalue weighted by Gasteiger charge is 2.41. The summed E-state index contributed by atoms with van der Waals surface area (Å²) < 4.78 is 13.0. The molecular formula is C15H15ClFNO. The maximum Gasteiger partial charge on any atom is 0.160 e. The number of halogens is 2. The fourth-order valence-electron chi connectivity index (χ4n) is 2.76. The summed E-state index contributed by atoms with van der Waals surface area (Å²) >= 11 is 5.96. The van der Waals surface area contributed by atoms with E-state index in [4.69, 9.17) is 11.6 Å². The van der Waals surface area contributed by atoms with Crippen LogP contribution in [0.1, 0.15) is 44.1 Å². The van der Waals surface area contributed by atoms with E-state index in [1.807, 2.05) is 13.0 Å². The maximum absolute atomic E-state index is 13.0. The Hall–Kier alpha value is -1.40. The third-order valence-corrected chi connectivity index (χ3v) is 4.29. The Labute approximate surface area is 117 Å². The van der Waals surface area contributed by atoms with Crippen molar-refractivity contribution in [2.24, 2.45) is 5.41 Å². The van der Waals surface area contributed by atoms with Crippen molar-refractivity contribution in [3.8, 4) is 6.07 Å². The van der Waals surface area contributed by atoms with E-state index in [1.54, 1.807) is 0 Å². The van der Waals surface area contributed by atoms with E-state index in [1.165, 1.54) is 12.1 Å². The van der Waals surface area contributed by atoms with Crippen molar-refractivity contribution in [2.45, 2.75) is 38.5 Å². The van der Waals surface area contributed by atoms with Crippen molar-refractivity contribution in [1.29, 1.82) is 5.26 Å². The molecule has 0 aromatic heterocycles. The van der Waals surface area contributed by atoms with Gasteiger partial charge in [-0.3, -0.25) is 4.79 Å². The highest BCUT2D eigenvalue weighted by Crippen LogP contribution is 2.42. The molecule has 1 saturated carbocycles. The number of Topliss-reactive ketones (excluding diaryl/α,β-unsaturated/α-hetero) is 1. The van der Waals surface area contributed by atoms with Gasteiger partial charge in [-0.1, -0.05) is 37.4 Å². The number of hydrogen-bond acceptors (Lipinski definition) is 2. The third-order valence-electron chi connectivity index (χ3n) is 3.97. The van der Waals surface area contributed by atoms with E-state index in [9.17, 15) is 14.4 Å². The van der Waals surface area contributed by atoms with Crippen LogP contribution in [0.5, 0.6) is 0 Å². The fraction of sp³-hybridized carbons (Fsp3) is 0.467. The zero-order valence-corrected chi connectivity index (χ0v) is 11.5. The summed E-state index contributed by atoms with van der Waals surface area (Å²) in [4.78, 5) is 12.6. The van der Waals surface area contributed by atoms with Gasteiger partial charge in [-0.2, -0.15) is 5.26 Å². The lowest BCUT2D eigenvalue weighted by Gasteiger charge is -2.25. The molecule has 19 heavy (non-hydrogen) atoms. The summed E-state index contributed by atoms with van der Waals surface area (Å²) in [5, 5.41) is 9.44. The minimum Gasteiger partial charge on any atom is -0.297 e. The van der Waals surface area contributed by atoms with Crippen molar-refractivity contribution in [3.63, 3.8) is 0 Å². The number of hydrogen-bond donors (Lipinski definition) is 0. The van der Waals surface area contributed by atoms with E-state index in [0.29, 0.717) is 5.56 Å². The smallest absolute Gasteiger partial charge is 0.160 e. The average Bonchev–Trinajstić information content (AvgIpc) is 2.81. The minimum absolute atomic E-state index is 0.0963. The van der Waals surface area contributed by atoms with E-state index < -0.39 is 17.2 Å². The molecule has 4 heteroatoms. The van der Waals surface area contributed by atoms with Gasteiger partial charge in [0.15, 0.2) is 5.78 Å². The van der Waals surface area contributed by atoms with Crippen LogP contribution in [0.3, 0.4) is 0 Å². The predicted molar refractivity (Wildman–Crippen MR) is 71.3 cm³/mol. The highest BCUT2D eigenvalue weighted by atomic mass is 35.5. The summed E-state index contributed by atoms with van der Waals surface area (Å²) in [7, 11) is 0. The first-order valence-corrected chi connectivity index (χ1v) is 6.74. The van der Waals surface area contributed by atoms with Crippen molar-refractivity contribution < 1.29 is 9.18 Å². The third kappa shape index (κ3) is 2.64. The number of ketones is 1. The monoisotopic (exact) mass is 279 g/mol. The minimum atomic E-state index is -0.906. The molecule has 0 saturated heterocycles. The van der Waals surface area contributed by atoms with Crippen LogP contribution in [0.25, 0.3) is 0 Å². The first kappa shape index (κ1) is 14.0. The van der Waals surface area contributed by atoms with Crippen LogP contribution in [0.2, 0.25) is 5.02 Å². The summed E-state index contributed by atoms with van der Waals surface area (Å²) in [5.74, 6) is -1.47. The normalized spacial score (nSPS) is 18.8. The number of rotatable bonds is 3. The SMILES string of the molecule is CC1(C(=O)C(C#N)c2ccc(F)cc2Cl)CCCC1. The van der Waals surface area contributed by atoms with Gasteiger partial charge in [0.05, 0.1) is 6.07 Å². The molecule has 100 valence electrons. The van der Waals surface area contributed by atoms with Gasteiger partial charge in [0.2, 0.25) is 0 Å². The lowest BCUT2D eigenvalue weighted by Crippen LogP contribution is -2.29. The van der Waals surface area contributed by atoms with Gasteiger partial charge in [0.25, 0.3) is 0 Å². The number of nitrogens with zero attached hydrogens (tertiary/aromatic N) is 1. The van der Waals surface area contributed by atoms with Crippen molar-refractivity contribution in [2.75, 3.05) is 0 Å². The van der Waals surface area contributed by atoms with Crippen LogP contribution >= 0.6 is 11.6 Å². The molecule has 1 aliphatic rings. The zero-order chi connectivity index (χ0) is 14.0. The molecule has 0 spiro atoms. The second kappa shape index (κ2) is 5.30. The Morgan fingerprint density at radius 1 is 1.47 bits per heavy atom. The molecule has 0 aliphatic heterocycles. The lowest BCUT2D eigenvalue weighted by molar-refractivity contribution is -0.128. The van der Waals surface area contributed by atoms with Crippen LogP contribution in [-0.4, -0.2) is 5.78 Å². The van der Waals surface area contributed by atoms with E-state index in [2.05, 4.69) is 0 Å². The summed E-state index contributed by atoms with van der Waals surface area (Å²) in [6.45, 7) is 1.91. The first-order valence-electron chi connectivity index (χ1n) is 6.37. The number of nitriles is 1. The molecule has 2 rings (SSSR count). The largest absolute Gasteiger partial charge is 0.297 e. The Morgan fingerprint density at radius 2 is 2.11 bits per heavy atom. The topological polar surface area (TPSA) is 40.9 Å². The van der Waals surface area contributed by atoms with Gasteiger partial charge in [-0.25, -0.2) is 4.39 Å².